The van der Waals surface area contributed by atoms with Gasteiger partial charge in [-0.15, -0.1) is 0 Å². The monoisotopic (exact) mass is 352 g/mol. The maximum atomic E-state index is 12.3. The van der Waals surface area contributed by atoms with Gasteiger partial charge in [-0.1, -0.05) is 12.1 Å². The van der Waals surface area contributed by atoms with Crippen LogP contribution in [0.4, 0.5) is 5.69 Å². The Hall–Kier alpha value is -3.22. The summed E-state index contributed by atoms with van der Waals surface area (Å²) in [6.45, 7) is 0.511. The fourth-order valence-electron chi connectivity index (χ4n) is 2.77. The standard InChI is InChI=1S/C19H20N4O3/c24-17(21-12-9-13-7-10-20-11-8-13)6-5-16-19(26)22-15-4-2-1-3-14(15)18(25)23-16/h1-4,7-8,10-11,16H,5-6,9,12H2,(H,21,24)(H,22,26)(H,23,25)/t16-/m0/s1. The Morgan fingerprint density at radius 1 is 1.12 bits per heavy atom. The molecule has 1 aliphatic rings. The third kappa shape index (κ3) is 4.44. The minimum Gasteiger partial charge on any atom is -0.356 e. The van der Waals surface area contributed by atoms with Crippen LogP contribution in [0.3, 0.4) is 0 Å². The first-order chi connectivity index (χ1) is 12.6. The zero-order valence-electron chi connectivity index (χ0n) is 14.2. The topological polar surface area (TPSA) is 100 Å². The number of pyridine rings is 1. The molecule has 3 N–H and O–H groups in total. The summed E-state index contributed by atoms with van der Waals surface area (Å²) in [5, 5.41) is 8.24. The molecule has 2 heterocycles. The smallest absolute Gasteiger partial charge is 0.254 e. The molecule has 7 nitrogen and oxygen atoms in total. The third-order valence-corrected chi connectivity index (χ3v) is 4.20. The van der Waals surface area contributed by atoms with Gasteiger partial charge in [-0.25, -0.2) is 0 Å². The maximum absolute atomic E-state index is 12.3. The van der Waals surface area contributed by atoms with Gasteiger partial charge in [-0.3, -0.25) is 19.4 Å². The number of para-hydroxylation sites is 1. The van der Waals surface area contributed by atoms with Crippen LogP contribution in [0.1, 0.15) is 28.8 Å². The van der Waals surface area contributed by atoms with Crippen molar-refractivity contribution in [2.75, 3.05) is 11.9 Å². The highest BCUT2D eigenvalue weighted by atomic mass is 16.2. The highest BCUT2D eigenvalue weighted by Gasteiger charge is 2.27. The number of carbonyl (C=O) groups is 3. The highest BCUT2D eigenvalue weighted by molar-refractivity contribution is 6.09. The van der Waals surface area contributed by atoms with Crippen LogP contribution in [-0.2, 0) is 16.0 Å². The zero-order valence-corrected chi connectivity index (χ0v) is 14.2. The summed E-state index contributed by atoms with van der Waals surface area (Å²) in [5.41, 5.74) is 2.00. The minimum atomic E-state index is -0.735. The van der Waals surface area contributed by atoms with Gasteiger partial charge in [0.1, 0.15) is 6.04 Å². The number of benzene rings is 1. The molecule has 0 spiro atoms. The van der Waals surface area contributed by atoms with E-state index in [0.717, 1.165) is 5.56 Å². The summed E-state index contributed by atoms with van der Waals surface area (Å²) < 4.78 is 0. The molecule has 3 amide bonds. The van der Waals surface area contributed by atoms with E-state index >= 15 is 0 Å². The second kappa shape index (κ2) is 8.24. The summed E-state index contributed by atoms with van der Waals surface area (Å²) in [6.07, 6.45) is 4.53. The van der Waals surface area contributed by atoms with Crippen molar-refractivity contribution in [1.82, 2.24) is 15.6 Å². The molecule has 0 saturated heterocycles. The molecule has 0 fully saturated rings. The van der Waals surface area contributed by atoms with Crippen LogP contribution >= 0.6 is 0 Å². The van der Waals surface area contributed by atoms with E-state index in [1.807, 2.05) is 12.1 Å². The van der Waals surface area contributed by atoms with Crippen LogP contribution in [0, 0.1) is 0 Å². The van der Waals surface area contributed by atoms with Gasteiger partial charge in [-0.05, 0) is 42.7 Å². The first-order valence-electron chi connectivity index (χ1n) is 8.50. The molecule has 0 saturated carbocycles. The van der Waals surface area contributed by atoms with Gasteiger partial charge in [0.25, 0.3) is 5.91 Å². The summed E-state index contributed by atoms with van der Waals surface area (Å²) in [5.74, 6) is -0.780. The van der Waals surface area contributed by atoms with Gasteiger partial charge >= 0.3 is 0 Å². The number of rotatable bonds is 6. The summed E-state index contributed by atoms with van der Waals surface area (Å²) in [4.78, 5) is 40.4. The first-order valence-corrected chi connectivity index (χ1v) is 8.50. The Bertz CT molecular complexity index is 807. The second-order valence-corrected chi connectivity index (χ2v) is 6.05. The lowest BCUT2D eigenvalue weighted by Gasteiger charge is -2.14. The lowest BCUT2D eigenvalue weighted by Crippen LogP contribution is -2.42. The van der Waals surface area contributed by atoms with Gasteiger partial charge in [0, 0.05) is 25.4 Å². The van der Waals surface area contributed by atoms with Gasteiger partial charge in [0.05, 0.1) is 11.3 Å². The van der Waals surface area contributed by atoms with E-state index in [2.05, 4.69) is 20.9 Å². The summed E-state index contributed by atoms with van der Waals surface area (Å²) in [7, 11) is 0. The molecular weight excluding hydrogens is 332 g/mol. The van der Waals surface area contributed by atoms with Crippen LogP contribution < -0.4 is 16.0 Å². The predicted octanol–water partition coefficient (Wildman–Crippen LogP) is 1.27. The van der Waals surface area contributed by atoms with Crippen molar-refractivity contribution in [1.29, 1.82) is 0 Å². The van der Waals surface area contributed by atoms with E-state index in [4.69, 9.17) is 0 Å². The molecule has 0 aliphatic carbocycles. The molecule has 1 atom stereocenters. The fraction of sp³-hybridized carbons (Fsp3) is 0.263. The number of hydrogen-bond donors (Lipinski definition) is 3. The Kier molecular flexibility index (Phi) is 5.58. The Morgan fingerprint density at radius 2 is 1.88 bits per heavy atom. The van der Waals surface area contributed by atoms with Crippen molar-refractivity contribution >= 4 is 23.4 Å². The van der Waals surface area contributed by atoms with Crippen molar-refractivity contribution in [3.05, 3.63) is 59.9 Å². The predicted molar refractivity (Wildman–Crippen MR) is 96.5 cm³/mol. The molecular formula is C19H20N4O3. The van der Waals surface area contributed by atoms with E-state index in [1.165, 1.54) is 0 Å². The molecule has 0 unspecified atom stereocenters. The van der Waals surface area contributed by atoms with E-state index in [9.17, 15) is 14.4 Å². The molecule has 134 valence electrons. The van der Waals surface area contributed by atoms with Crippen molar-refractivity contribution in [3.8, 4) is 0 Å². The van der Waals surface area contributed by atoms with Gasteiger partial charge < -0.3 is 16.0 Å². The van der Waals surface area contributed by atoms with Crippen LogP contribution in [0.15, 0.2) is 48.8 Å². The van der Waals surface area contributed by atoms with Gasteiger partial charge in [0.15, 0.2) is 0 Å². The number of fused-ring (bicyclic) bond motifs is 1. The summed E-state index contributed by atoms with van der Waals surface area (Å²) in [6, 6.07) is 9.88. The van der Waals surface area contributed by atoms with Crippen molar-refractivity contribution in [2.45, 2.75) is 25.3 Å². The Labute approximate surface area is 151 Å². The number of aromatic nitrogens is 1. The van der Waals surface area contributed by atoms with Crippen LogP contribution in [0.5, 0.6) is 0 Å². The first kappa shape index (κ1) is 17.6. The van der Waals surface area contributed by atoms with E-state index in [0.29, 0.717) is 24.2 Å². The van der Waals surface area contributed by atoms with Crippen LogP contribution in [0.2, 0.25) is 0 Å². The van der Waals surface area contributed by atoms with Gasteiger partial charge in [0.2, 0.25) is 11.8 Å². The van der Waals surface area contributed by atoms with Crippen molar-refractivity contribution in [3.63, 3.8) is 0 Å². The molecule has 26 heavy (non-hydrogen) atoms. The average molecular weight is 352 g/mol. The Morgan fingerprint density at radius 3 is 2.69 bits per heavy atom. The lowest BCUT2D eigenvalue weighted by molar-refractivity contribution is -0.121. The zero-order chi connectivity index (χ0) is 18.4. The number of carbonyl (C=O) groups excluding carboxylic acids is 3. The number of nitrogens with one attached hydrogen (secondary N) is 3. The Balaban J connectivity index is 1.47. The number of hydrogen-bond acceptors (Lipinski definition) is 4. The van der Waals surface area contributed by atoms with Gasteiger partial charge in [-0.2, -0.15) is 0 Å². The normalized spacial score (nSPS) is 16.1. The van der Waals surface area contributed by atoms with Crippen LogP contribution in [-0.4, -0.2) is 35.3 Å². The molecule has 0 bridgehead atoms. The maximum Gasteiger partial charge on any atom is 0.254 e. The van der Waals surface area contributed by atoms with E-state index < -0.39 is 6.04 Å². The summed E-state index contributed by atoms with van der Waals surface area (Å²) >= 11 is 0. The third-order valence-electron chi connectivity index (χ3n) is 4.20. The second-order valence-electron chi connectivity index (χ2n) is 6.05. The molecule has 1 aromatic heterocycles. The molecule has 3 rings (SSSR count). The molecule has 0 radical (unpaired) electrons. The number of anilines is 1. The van der Waals surface area contributed by atoms with Crippen molar-refractivity contribution < 1.29 is 14.4 Å². The molecule has 1 aliphatic heterocycles. The van der Waals surface area contributed by atoms with Crippen LogP contribution in [0.25, 0.3) is 0 Å². The SMILES string of the molecule is O=C(CC[C@@H]1NC(=O)c2ccccc2NC1=O)NCCc1ccncc1. The van der Waals surface area contributed by atoms with Crippen molar-refractivity contribution in [2.24, 2.45) is 0 Å². The largest absolute Gasteiger partial charge is 0.356 e. The number of amides is 3. The molecule has 2 aromatic rings. The quantitative estimate of drug-likeness (QED) is 0.729. The van der Waals surface area contributed by atoms with E-state index in [-0.39, 0.29) is 30.6 Å². The lowest BCUT2D eigenvalue weighted by atomic mass is 10.1. The molecule has 1 aromatic carbocycles. The highest BCUT2D eigenvalue weighted by Crippen LogP contribution is 2.19. The minimum absolute atomic E-state index is 0.150. The average Bonchev–Trinajstić information content (AvgIpc) is 2.77. The van der Waals surface area contributed by atoms with E-state index in [1.54, 1.807) is 36.7 Å². The number of nitrogens with zero attached hydrogens (tertiary/aromatic N) is 1. The molecule has 7 heteroatoms. The fourth-order valence-corrected chi connectivity index (χ4v) is 2.77.